The second-order valence-electron chi connectivity index (χ2n) is 5.93. The van der Waals surface area contributed by atoms with Crippen LogP contribution in [0.5, 0.6) is 0 Å². The van der Waals surface area contributed by atoms with Crippen LogP contribution in [0.3, 0.4) is 0 Å². The molecular weight excluding hydrogens is 288 g/mol. The highest BCUT2D eigenvalue weighted by Gasteiger charge is 1.99. The van der Waals surface area contributed by atoms with E-state index in [1.807, 2.05) is 18.2 Å². The Balaban J connectivity index is 3.51. The molecule has 0 aromatic heterocycles. The molecule has 2 N–H and O–H groups in total. The Morgan fingerprint density at radius 1 is 0.957 bits per heavy atom. The molecule has 132 valence electrons. The van der Waals surface area contributed by atoms with Crippen LogP contribution in [-0.4, -0.2) is 22.3 Å². The highest BCUT2D eigenvalue weighted by Crippen LogP contribution is 2.08. The molecule has 0 aromatic rings. The Labute approximate surface area is 141 Å². The van der Waals surface area contributed by atoms with Crippen LogP contribution in [0.4, 0.5) is 0 Å². The van der Waals surface area contributed by atoms with Gasteiger partial charge in [-0.1, -0.05) is 75.5 Å². The summed E-state index contributed by atoms with van der Waals surface area (Å²) in [7, 11) is 0. The maximum absolute atomic E-state index is 10.4. The van der Waals surface area contributed by atoms with Gasteiger partial charge in [0.15, 0.2) is 0 Å². The molecule has 0 rings (SSSR count). The maximum Gasteiger partial charge on any atom is 0.303 e. The van der Waals surface area contributed by atoms with Crippen molar-refractivity contribution in [3.63, 3.8) is 0 Å². The summed E-state index contributed by atoms with van der Waals surface area (Å²) in [6.07, 6.45) is 22.3. The largest absolute Gasteiger partial charge is 0.481 e. The van der Waals surface area contributed by atoms with Crippen molar-refractivity contribution in [2.24, 2.45) is 0 Å². The van der Waals surface area contributed by atoms with Gasteiger partial charge in [-0.05, 0) is 32.1 Å². The lowest BCUT2D eigenvalue weighted by Crippen LogP contribution is -2.01. The fourth-order valence-electron chi connectivity index (χ4n) is 2.23. The van der Waals surface area contributed by atoms with Crippen molar-refractivity contribution in [3.8, 4) is 0 Å². The van der Waals surface area contributed by atoms with E-state index in [2.05, 4.69) is 25.2 Å². The SMILES string of the molecule is CCCCC/C=C\C/C=C\C=C\[C@@H](O)CCCCCCC(=O)O. The summed E-state index contributed by atoms with van der Waals surface area (Å²) in [5, 5.41) is 18.3. The first-order valence-electron chi connectivity index (χ1n) is 9.05. The minimum absolute atomic E-state index is 0.250. The van der Waals surface area contributed by atoms with E-state index in [-0.39, 0.29) is 6.42 Å². The average molecular weight is 322 g/mol. The molecule has 0 saturated carbocycles. The zero-order chi connectivity index (χ0) is 17.2. The van der Waals surface area contributed by atoms with E-state index < -0.39 is 12.1 Å². The molecule has 0 radical (unpaired) electrons. The zero-order valence-corrected chi connectivity index (χ0v) is 14.6. The van der Waals surface area contributed by atoms with Gasteiger partial charge < -0.3 is 10.2 Å². The highest BCUT2D eigenvalue weighted by molar-refractivity contribution is 5.66. The molecule has 0 amide bonds. The monoisotopic (exact) mass is 322 g/mol. The quantitative estimate of drug-likeness (QED) is 0.241. The first-order valence-corrected chi connectivity index (χ1v) is 9.05. The molecule has 0 spiro atoms. The number of rotatable bonds is 15. The smallest absolute Gasteiger partial charge is 0.303 e. The maximum atomic E-state index is 10.4. The molecule has 23 heavy (non-hydrogen) atoms. The van der Waals surface area contributed by atoms with Gasteiger partial charge in [0, 0.05) is 6.42 Å². The molecule has 3 nitrogen and oxygen atoms in total. The van der Waals surface area contributed by atoms with Crippen LogP contribution in [0.1, 0.15) is 77.6 Å². The summed E-state index contributed by atoms with van der Waals surface area (Å²) in [5.74, 6) is -0.726. The number of hydrogen-bond donors (Lipinski definition) is 2. The lowest BCUT2D eigenvalue weighted by atomic mass is 10.1. The number of carboxylic acids is 1. The number of allylic oxidation sites excluding steroid dienone is 5. The minimum atomic E-state index is -0.726. The van der Waals surface area contributed by atoms with Crippen molar-refractivity contribution in [2.75, 3.05) is 0 Å². The third-order valence-corrected chi connectivity index (χ3v) is 3.63. The summed E-state index contributed by atoms with van der Waals surface area (Å²) in [4.78, 5) is 10.4. The molecule has 0 aliphatic heterocycles. The van der Waals surface area contributed by atoms with E-state index in [9.17, 15) is 9.90 Å². The Morgan fingerprint density at radius 3 is 2.48 bits per heavy atom. The Bertz CT molecular complexity index is 356. The average Bonchev–Trinajstić information content (AvgIpc) is 2.52. The minimum Gasteiger partial charge on any atom is -0.481 e. The summed E-state index contributed by atoms with van der Waals surface area (Å²) >= 11 is 0. The van der Waals surface area contributed by atoms with E-state index in [1.165, 1.54) is 25.7 Å². The van der Waals surface area contributed by atoms with Crippen LogP contribution >= 0.6 is 0 Å². The Kier molecular flexibility index (Phi) is 16.0. The van der Waals surface area contributed by atoms with Crippen molar-refractivity contribution in [3.05, 3.63) is 36.5 Å². The van der Waals surface area contributed by atoms with Gasteiger partial charge in [-0.3, -0.25) is 4.79 Å². The summed E-state index contributed by atoms with van der Waals surface area (Å²) in [5.41, 5.74) is 0. The lowest BCUT2D eigenvalue weighted by molar-refractivity contribution is -0.137. The van der Waals surface area contributed by atoms with Gasteiger partial charge in [-0.2, -0.15) is 0 Å². The number of aliphatic carboxylic acids is 1. The van der Waals surface area contributed by atoms with Crippen LogP contribution in [0.2, 0.25) is 0 Å². The molecule has 0 aliphatic rings. The molecule has 0 aromatic carbocycles. The van der Waals surface area contributed by atoms with Gasteiger partial charge in [0.05, 0.1) is 6.10 Å². The lowest BCUT2D eigenvalue weighted by Gasteiger charge is -2.04. The molecule has 0 aliphatic carbocycles. The van der Waals surface area contributed by atoms with Crippen LogP contribution in [0.15, 0.2) is 36.5 Å². The predicted octanol–water partition coefficient (Wildman–Crippen LogP) is 5.41. The van der Waals surface area contributed by atoms with E-state index in [0.29, 0.717) is 0 Å². The van der Waals surface area contributed by atoms with Gasteiger partial charge in [0.1, 0.15) is 0 Å². The van der Waals surface area contributed by atoms with Crippen LogP contribution in [0.25, 0.3) is 0 Å². The molecule has 0 bridgehead atoms. The number of aliphatic hydroxyl groups is 1. The summed E-state index contributed by atoms with van der Waals surface area (Å²) < 4.78 is 0. The third-order valence-electron chi connectivity index (χ3n) is 3.63. The van der Waals surface area contributed by atoms with Crippen LogP contribution in [0, 0.1) is 0 Å². The van der Waals surface area contributed by atoms with E-state index in [1.54, 1.807) is 0 Å². The Morgan fingerprint density at radius 2 is 1.74 bits per heavy atom. The highest BCUT2D eigenvalue weighted by atomic mass is 16.4. The predicted molar refractivity (Wildman–Crippen MR) is 97.5 cm³/mol. The van der Waals surface area contributed by atoms with Crippen molar-refractivity contribution < 1.29 is 15.0 Å². The Hall–Kier alpha value is -1.35. The standard InChI is InChI=1S/C20H34O3/c1-2-3-4-5-6-7-8-9-10-13-16-19(21)17-14-11-12-15-18-20(22)23/h6-7,9-10,13,16,19,21H,2-5,8,11-12,14-15,17-18H2,1H3,(H,22,23)/b7-6-,10-9-,16-13+/t19-/m1/s1. The van der Waals surface area contributed by atoms with E-state index in [4.69, 9.17) is 5.11 Å². The van der Waals surface area contributed by atoms with Gasteiger partial charge in [0.25, 0.3) is 0 Å². The van der Waals surface area contributed by atoms with Gasteiger partial charge in [-0.25, -0.2) is 0 Å². The normalized spacial score (nSPS) is 13.5. The third kappa shape index (κ3) is 18.6. The molecule has 1 atom stereocenters. The van der Waals surface area contributed by atoms with Crippen molar-refractivity contribution in [2.45, 2.75) is 83.7 Å². The molecule has 0 heterocycles. The van der Waals surface area contributed by atoms with E-state index >= 15 is 0 Å². The molecule has 0 unspecified atom stereocenters. The molecular formula is C20H34O3. The number of carbonyl (C=O) groups is 1. The number of carboxylic acid groups (broad SMARTS) is 1. The number of aliphatic hydroxyl groups excluding tert-OH is 1. The molecule has 3 heteroatoms. The van der Waals surface area contributed by atoms with Crippen molar-refractivity contribution in [1.29, 1.82) is 0 Å². The van der Waals surface area contributed by atoms with Gasteiger partial charge in [0.2, 0.25) is 0 Å². The fourth-order valence-corrected chi connectivity index (χ4v) is 2.23. The number of unbranched alkanes of at least 4 members (excludes halogenated alkanes) is 6. The zero-order valence-electron chi connectivity index (χ0n) is 14.6. The first kappa shape index (κ1) is 21.6. The molecule has 0 fully saturated rings. The second kappa shape index (κ2) is 17.0. The van der Waals surface area contributed by atoms with Gasteiger partial charge in [-0.15, -0.1) is 0 Å². The van der Waals surface area contributed by atoms with Crippen molar-refractivity contribution in [1.82, 2.24) is 0 Å². The van der Waals surface area contributed by atoms with E-state index in [0.717, 1.165) is 38.5 Å². The van der Waals surface area contributed by atoms with Gasteiger partial charge >= 0.3 is 5.97 Å². The molecule has 0 saturated heterocycles. The van der Waals surface area contributed by atoms with Crippen molar-refractivity contribution >= 4 is 5.97 Å². The summed E-state index contributed by atoms with van der Waals surface area (Å²) in [6.45, 7) is 2.21. The fraction of sp³-hybridized carbons (Fsp3) is 0.650. The van der Waals surface area contributed by atoms with Crippen LogP contribution < -0.4 is 0 Å². The summed E-state index contributed by atoms with van der Waals surface area (Å²) in [6, 6.07) is 0. The first-order chi connectivity index (χ1) is 11.2. The second-order valence-corrected chi connectivity index (χ2v) is 5.93. The van der Waals surface area contributed by atoms with Crippen LogP contribution in [-0.2, 0) is 4.79 Å². The number of hydrogen-bond acceptors (Lipinski definition) is 2. The topological polar surface area (TPSA) is 57.5 Å².